The van der Waals surface area contributed by atoms with Gasteiger partial charge in [-0.05, 0) is 49.2 Å². The Morgan fingerprint density at radius 2 is 1.18 bits per heavy atom. The van der Waals surface area contributed by atoms with Crippen LogP contribution in [0, 0.1) is 11.6 Å². The highest BCUT2D eigenvalue weighted by Gasteiger charge is 2.20. The summed E-state index contributed by atoms with van der Waals surface area (Å²) in [4.78, 5) is 37.5. The summed E-state index contributed by atoms with van der Waals surface area (Å²) in [5.41, 5.74) is 5.45. The number of H-pyrrole nitrogens is 1. The zero-order chi connectivity index (χ0) is 42.1. The van der Waals surface area contributed by atoms with Gasteiger partial charge in [-0.2, -0.15) is 10.2 Å². The van der Waals surface area contributed by atoms with Crippen molar-refractivity contribution < 1.29 is 8.78 Å². The maximum atomic E-state index is 14.2. The van der Waals surface area contributed by atoms with E-state index in [1.807, 2.05) is 54.2 Å². The van der Waals surface area contributed by atoms with E-state index in [-0.39, 0.29) is 24.7 Å². The third-order valence-electron chi connectivity index (χ3n) is 9.56. The summed E-state index contributed by atoms with van der Waals surface area (Å²) in [5.74, 6) is 1.13. The molecule has 0 saturated carbocycles. The smallest absolute Gasteiger partial charge is 0.182 e. The minimum absolute atomic E-state index is 0.265. The largest absolute Gasteiger partial charge is 0.351 e. The fraction of sp³-hybridized carbons (Fsp3) is 0.136. The molecule has 0 radical (unpaired) electrons. The number of hydrogen-bond donors (Lipinski definition) is 1. The molecule has 2 aromatic carbocycles. The second-order valence-corrected chi connectivity index (χ2v) is 13.8. The minimum Gasteiger partial charge on any atom is -0.351 e. The van der Waals surface area contributed by atoms with Gasteiger partial charge in [0, 0.05) is 71.8 Å². The summed E-state index contributed by atoms with van der Waals surface area (Å²) in [7, 11) is 0. The van der Waals surface area contributed by atoms with E-state index in [2.05, 4.69) is 51.9 Å². The molecule has 1 N–H and O–H groups in total. The number of aryl methyl sites for hydroxylation is 2. The maximum absolute atomic E-state index is 14.2. The molecule has 0 amide bonds. The summed E-state index contributed by atoms with van der Waals surface area (Å²) >= 11 is 6.24. The van der Waals surface area contributed by atoms with Crippen LogP contribution in [0.2, 0.25) is 5.15 Å². The van der Waals surface area contributed by atoms with Crippen LogP contribution < -0.4 is 0 Å². The predicted molar refractivity (Wildman–Crippen MR) is 228 cm³/mol. The van der Waals surface area contributed by atoms with E-state index >= 15 is 0 Å². The van der Waals surface area contributed by atoms with E-state index in [0.29, 0.717) is 50.6 Å². The van der Waals surface area contributed by atoms with Crippen molar-refractivity contribution in [3.8, 4) is 28.9 Å². The molecule has 17 heteroatoms. The Bertz CT molecular complexity index is 3000. The zero-order valence-corrected chi connectivity index (χ0v) is 33.7. The Hall–Kier alpha value is -7.59. The summed E-state index contributed by atoms with van der Waals surface area (Å²) in [6.07, 6.45) is 18.8. The van der Waals surface area contributed by atoms with Gasteiger partial charge in [0.25, 0.3) is 0 Å². The normalized spacial score (nSPS) is 11.0. The molecule has 0 saturated heterocycles. The summed E-state index contributed by atoms with van der Waals surface area (Å²) in [6.45, 7) is 4.58. The number of fused-ring (bicyclic) bond motifs is 2. The molecule has 0 unspecified atom stereocenters. The monoisotopic (exact) mass is 834 g/mol. The third kappa shape index (κ3) is 8.89. The van der Waals surface area contributed by atoms with E-state index < -0.39 is 0 Å². The fourth-order valence-electron chi connectivity index (χ4n) is 6.47. The molecule has 10 aromatic rings. The Morgan fingerprint density at radius 3 is 1.66 bits per heavy atom. The fourth-order valence-corrected chi connectivity index (χ4v) is 6.73. The number of rotatable bonds is 9. The molecular formula is C44H37ClF2N14. The van der Waals surface area contributed by atoms with E-state index in [4.69, 9.17) is 21.7 Å². The Kier molecular flexibility index (Phi) is 12.2. The molecule has 14 nitrogen and oxygen atoms in total. The highest BCUT2D eigenvalue weighted by molar-refractivity contribution is 6.30. The molecule has 61 heavy (non-hydrogen) atoms. The van der Waals surface area contributed by atoms with Crippen LogP contribution in [0.25, 0.3) is 50.9 Å². The van der Waals surface area contributed by atoms with Crippen LogP contribution in [0.4, 0.5) is 8.78 Å². The SMILES string of the molecule is CCc1cnc(-c2nn(Cc3ccccc3F)c3ncccc23)nc1-n1ccnc1.CCc1cnc(-c2nn(Cc3ccccc3F)c3ncccc23)nc1Cl.c1c[nH]cn1. The summed E-state index contributed by atoms with van der Waals surface area (Å²) in [5, 5.41) is 11.3. The van der Waals surface area contributed by atoms with Gasteiger partial charge < -0.3 is 4.98 Å². The van der Waals surface area contributed by atoms with Crippen LogP contribution in [0.1, 0.15) is 36.1 Å². The lowest BCUT2D eigenvalue weighted by Gasteiger charge is -2.08. The first-order valence-corrected chi connectivity index (χ1v) is 19.7. The van der Waals surface area contributed by atoms with E-state index in [1.54, 1.807) is 89.5 Å². The van der Waals surface area contributed by atoms with E-state index in [1.165, 1.54) is 12.1 Å². The molecule has 0 spiro atoms. The van der Waals surface area contributed by atoms with Crippen molar-refractivity contribution in [1.82, 2.24) is 69.0 Å². The zero-order valence-electron chi connectivity index (χ0n) is 33.0. The van der Waals surface area contributed by atoms with Crippen LogP contribution in [0.5, 0.6) is 0 Å². The Labute approximate surface area is 353 Å². The Morgan fingerprint density at radius 1 is 0.607 bits per heavy atom. The molecule has 304 valence electrons. The van der Waals surface area contributed by atoms with Crippen LogP contribution in [0.3, 0.4) is 0 Å². The lowest BCUT2D eigenvalue weighted by atomic mass is 10.2. The molecule has 0 aliphatic rings. The van der Waals surface area contributed by atoms with Crippen molar-refractivity contribution in [3.63, 3.8) is 0 Å². The highest BCUT2D eigenvalue weighted by Crippen LogP contribution is 2.28. The molecule has 0 fully saturated rings. The minimum atomic E-state index is -0.278. The average Bonchev–Trinajstić information content (AvgIpc) is 4.15. The number of nitrogens with zero attached hydrogens (tertiary/aromatic N) is 13. The van der Waals surface area contributed by atoms with Crippen LogP contribution in [-0.4, -0.2) is 69.0 Å². The van der Waals surface area contributed by atoms with E-state index in [9.17, 15) is 8.78 Å². The van der Waals surface area contributed by atoms with Gasteiger partial charge >= 0.3 is 0 Å². The van der Waals surface area contributed by atoms with Crippen molar-refractivity contribution in [3.05, 3.63) is 174 Å². The first-order valence-electron chi connectivity index (χ1n) is 19.3. The standard InChI is InChI=1S/C22H18FN7.C19H15ClFN5.C3H4N2/c1-2-15-12-26-20(27-21(15)29-11-10-24-14-29)19-17-7-5-9-25-22(17)30(28-19)13-16-6-3-4-8-18(16)23;1-2-12-10-23-18(24-17(12)20)16-14-7-5-9-22-19(14)26(25-16)11-13-6-3-4-8-15(13)21;1-2-5-3-4-1/h3-12,14H,2,13H2,1H3;3-10H,2,11H2,1H3;1-3H,(H,4,5). The highest BCUT2D eigenvalue weighted by atomic mass is 35.5. The van der Waals surface area contributed by atoms with Gasteiger partial charge in [0.15, 0.2) is 22.9 Å². The van der Waals surface area contributed by atoms with Gasteiger partial charge in [-0.15, -0.1) is 0 Å². The number of imidazole rings is 2. The molecular weight excluding hydrogens is 798 g/mol. The predicted octanol–water partition coefficient (Wildman–Crippen LogP) is 8.53. The van der Waals surface area contributed by atoms with Crippen molar-refractivity contribution >= 4 is 33.7 Å². The van der Waals surface area contributed by atoms with Crippen LogP contribution in [0.15, 0.2) is 135 Å². The average molecular weight is 835 g/mol. The van der Waals surface area contributed by atoms with Crippen molar-refractivity contribution in [2.75, 3.05) is 0 Å². The molecule has 8 aromatic heterocycles. The molecule has 10 rings (SSSR count). The quantitative estimate of drug-likeness (QED) is 0.140. The number of aromatic nitrogens is 14. The lowest BCUT2D eigenvalue weighted by molar-refractivity contribution is 0.589. The number of aromatic amines is 1. The van der Waals surface area contributed by atoms with Gasteiger partial charge in [0.1, 0.15) is 40.3 Å². The molecule has 0 atom stereocenters. The summed E-state index contributed by atoms with van der Waals surface area (Å²) < 4.78 is 33.5. The van der Waals surface area contributed by atoms with Crippen LogP contribution >= 0.6 is 11.6 Å². The topological polar surface area (TPSA) is 159 Å². The van der Waals surface area contributed by atoms with Gasteiger partial charge in [-0.3, -0.25) is 4.57 Å². The number of benzene rings is 2. The van der Waals surface area contributed by atoms with Crippen LogP contribution in [-0.2, 0) is 25.9 Å². The molecule has 0 bridgehead atoms. The van der Waals surface area contributed by atoms with E-state index in [0.717, 1.165) is 40.6 Å². The molecule has 0 aliphatic heterocycles. The van der Waals surface area contributed by atoms with Crippen molar-refractivity contribution in [2.45, 2.75) is 39.8 Å². The Balaban J connectivity index is 0.000000152. The van der Waals surface area contributed by atoms with Gasteiger partial charge in [-0.25, -0.2) is 58.0 Å². The van der Waals surface area contributed by atoms with Gasteiger partial charge in [0.05, 0.1) is 30.2 Å². The second kappa shape index (κ2) is 18.6. The van der Waals surface area contributed by atoms with Gasteiger partial charge in [0.2, 0.25) is 0 Å². The lowest BCUT2D eigenvalue weighted by Crippen LogP contribution is -2.06. The molecule has 0 aliphatic carbocycles. The molecule has 8 heterocycles. The maximum Gasteiger partial charge on any atom is 0.182 e. The first-order chi connectivity index (χ1) is 29.9. The summed E-state index contributed by atoms with van der Waals surface area (Å²) in [6, 6.07) is 20.8. The second-order valence-electron chi connectivity index (χ2n) is 13.4. The van der Waals surface area contributed by atoms with Crippen molar-refractivity contribution in [2.24, 2.45) is 0 Å². The number of nitrogens with one attached hydrogen (secondary N) is 1. The van der Waals surface area contributed by atoms with Crippen molar-refractivity contribution in [1.29, 1.82) is 0 Å². The number of halogens is 3. The number of pyridine rings is 2. The van der Waals surface area contributed by atoms with Gasteiger partial charge in [-0.1, -0.05) is 61.8 Å². The third-order valence-corrected chi connectivity index (χ3v) is 9.89. The number of hydrogen-bond acceptors (Lipinski definition) is 10. The first kappa shape index (κ1) is 40.2.